The number of likely N-dealkylation sites (N-methyl/N-ethyl adjacent to an activating group) is 1. The zero-order valence-corrected chi connectivity index (χ0v) is 9.81. The molecule has 0 saturated carbocycles. The van der Waals surface area contributed by atoms with Crippen LogP contribution in [0.15, 0.2) is 6.20 Å². The molecule has 90 valence electrons. The number of anilines is 1. The van der Waals surface area contributed by atoms with Crippen molar-refractivity contribution in [1.29, 1.82) is 0 Å². The van der Waals surface area contributed by atoms with Gasteiger partial charge in [-0.05, 0) is 13.1 Å². The summed E-state index contributed by atoms with van der Waals surface area (Å²) in [5.41, 5.74) is 11.2. The van der Waals surface area contributed by atoms with E-state index in [1.165, 1.54) is 0 Å². The van der Waals surface area contributed by atoms with Crippen molar-refractivity contribution in [3.63, 3.8) is 0 Å². The maximum atomic E-state index is 10.9. The van der Waals surface area contributed by atoms with E-state index >= 15 is 0 Å². The molecular formula is C10H19N5O. The minimum absolute atomic E-state index is 0.152. The Kier molecular flexibility index (Phi) is 4.30. The number of nitrogen functional groups attached to an aromatic ring is 1. The molecule has 0 radical (unpaired) electrons. The number of rotatable bonds is 6. The van der Waals surface area contributed by atoms with Crippen molar-refractivity contribution < 1.29 is 4.79 Å². The van der Waals surface area contributed by atoms with Gasteiger partial charge >= 0.3 is 0 Å². The Labute approximate surface area is 95.2 Å². The molecule has 0 spiro atoms. The van der Waals surface area contributed by atoms with Crippen LogP contribution in [0.1, 0.15) is 24.3 Å². The average Bonchev–Trinajstić information content (AvgIpc) is 2.61. The van der Waals surface area contributed by atoms with Gasteiger partial charge < -0.3 is 16.4 Å². The number of nitrogens with two attached hydrogens (primary N) is 2. The van der Waals surface area contributed by atoms with Crippen LogP contribution in [0.25, 0.3) is 0 Å². The summed E-state index contributed by atoms with van der Waals surface area (Å²) in [6.07, 6.45) is 1.64. The zero-order chi connectivity index (χ0) is 12.1. The second kappa shape index (κ2) is 5.50. The average molecular weight is 225 g/mol. The van der Waals surface area contributed by atoms with E-state index in [2.05, 4.69) is 23.8 Å². The van der Waals surface area contributed by atoms with Crippen molar-refractivity contribution in [2.45, 2.75) is 20.4 Å². The summed E-state index contributed by atoms with van der Waals surface area (Å²) in [6.45, 7) is 7.79. The SMILES string of the molecule is CCN(CC)CCn1cc(N)c(C(N)=O)n1. The Balaban J connectivity index is 2.61. The summed E-state index contributed by atoms with van der Waals surface area (Å²) in [5.74, 6) is -0.584. The summed E-state index contributed by atoms with van der Waals surface area (Å²) in [6, 6.07) is 0. The lowest BCUT2D eigenvalue weighted by Gasteiger charge is -2.17. The van der Waals surface area contributed by atoms with E-state index in [0.717, 1.165) is 19.6 Å². The van der Waals surface area contributed by atoms with Crippen molar-refractivity contribution >= 4 is 11.6 Å². The number of carbonyl (C=O) groups is 1. The van der Waals surface area contributed by atoms with Crippen molar-refractivity contribution in [2.24, 2.45) is 5.73 Å². The molecule has 1 aromatic heterocycles. The smallest absolute Gasteiger partial charge is 0.271 e. The predicted octanol–water partition coefficient (Wildman–Crippen LogP) is -0.0940. The van der Waals surface area contributed by atoms with E-state index in [0.29, 0.717) is 12.2 Å². The molecule has 0 atom stereocenters. The van der Waals surface area contributed by atoms with Gasteiger partial charge in [-0.2, -0.15) is 5.10 Å². The topological polar surface area (TPSA) is 90.2 Å². The molecule has 6 heteroatoms. The summed E-state index contributed by atoms with van der Waals surface area (Å²) in [7, 11) is 0. The van der Waals surface area contributed by atoms with Crippen LogP contribution >= 0.6 is 0 Å². The molecule has 0 aliphatic carbocycles. The van der Waals surface area contributed by atoms with Gasteiger partial charge in [-0.3, -0.25) is 9.48 Å². The molecule has 0 aliphatic rings. The van der Waals surface area contributed by atoms with Gasteiger partial charge in [-0.25, -0.2) is 0 Å². The van der Waals surface area contributed by atoms with Gasteiger partial charge in [0.15, 0.2) is 5.69 Å². The molecule has 16 heavy (non-hydrogen) atoms. The van der Waals surface area contributed by atoms with Gasteiger partial charge in [-0.1, -0.05) is 13.8 Å². The number of primary amides is 1. The molecule has 1 rings (SSSR count). The van der Waals surface area contributed by atoms with Crippen molar-refractivity contribution in [3.05, 3.63) is 11.9 Å². The second-order valence-corrected chi connectivity index (χ2v) is 3.59. The highest BCUT2D eigenvalue weighted by molar-refractivity contribution is 5.95. The van der Waals surface area contributed by atoms with Crippen molar-refractivity contribution in [2.75, 3.05) is 25.4 Å². The fraction of sp³-hybridized carbons (Fsp3) is 0.600. The van der Waals surface area contributed by atoms with Crippen LogP contribution in [0.4, 0.5) is 5.69 Å². The van der Waals surface area contributed by atoms with Crippen LogP contribution in [0.2, 0.25) is 0 Å². The van der Waals surface area contributed by atoms with Gasteiger partial charge in [0.2, 0.25) is 0 Å². The largest absolute Gasteiger partial charge is 0.396 e. The fourth-order valence-corrected chi connectivity index (χ4v) is 1.53. The van der Waals surface area contributed by atoms with Crippen LogP contribution in [0.5, 0.6) is 0 Å². The molecule has 4 N–H and O–H groups in total. The Morgan fingerprint density at radius 2 is 2.12 bits per heavy atom. The molecule has 0 fully saturated rings. The molecule has 0 aromatic carbocycles. The summed E-state index contributed by atoms with van der Waals surface area (Å²) in [4.78, 5) is 13.2. The third-order valence-corrected chi connectivity index (χ3v) is 2.56. The second-order valence-electron chi connectivity index (χ2n) is 3.59. The Bertz CT molecular complexity index is 356. The third kappa shape index (κ3) is 2.96. The van der Waals surface area contributed by atoms with E-state index in [9.17, 15) is 4.79 Å². The minimum Gasteiger partial charge on any atom is -0.396 e. The zero-order valence-electron chi connectivity index (χ0n) is 9.81. The fourth-order valence-electron chi connectivity index (χ4n) is 1.53. The number of carbonyl (C=O) groups excluding carboxylic acids is 1. The quantitative estimate of drug-likeness (QED) is 0.707. The number of amides is 1. The van der Waals surface area contributed by atoms with Gasteiger partial charge in [0.05, 0.1) is 12.2 Å². The monoisotopic (exact) mass is 225 g/mol. The van der Waals surface area contributed by atoms with E-state index in [1.807, 2.05) is 0 Å². The lowest BCUT2D eigenvalue weighted by atomic mass is 10.4. The molecule has 1 aromatic rings. The normalized spacial score (nSPS) is 10.9. The standard InChI is InChI=1S/C10H19N5O/c1-3-14(4-2)5-6-15-7-8(11)9(13-15)10(12)16/h7H,3-6,11H2,1-2H3,(H2,12,16). The third-order valence-electron chi connectivity index (χ3n) is 2.56. The molecule has 0 saturated heterocycles. The number of hydrogen-bond acceptors (Lipinski definition) is 4. The van der Waals surface area contributed by atoms with Crippen LogP contribution in [-0.4, -0.2) is 40.2 Å². The number of nitrogens with zero attached hydrogens (tertiary/aromatic N) is 3. The molecule has 1 heterocycles. The Morgan fingerprint density at radius 3 is 2.56 bits per heavy atom. The lowest BCUT2D eigenvalue weighted by Crippen LogP contribution is -2.27. The van der Waals surface area contributed by atoms with E-state index < -0.39 is 5.91 Å². The first-order valence-corrected chi connectivity index (χ1v) is 5.43. The predicted molar refractivity (Wildman–Crippen MR) is 62.9 cm³/mol. The highest BCUT2D eigenvalue weighted by Gasteiger charge is 2.11. The van der Waals surface area contributed by atoms with E-state index in [1.54, 1.807) is 10.9 Å². The van der Waals surface area contributed by atoms with Crippen LogP contribution in [-0.2, 0) is 6.54 Å². The maximum Gasteiger partial charge on any atom is 0.271 e. The van der Waals surface area contributed by atoms with Gasteiger partial charge in [-0.15, -0.1) is 0 Å². The van der Waals surface area contributed by atoms with Crippen LogP contribution in [0, 0.1) is 0 Å². The summed E-state index contributed by atoms with van der Waals surface area (Å²) >= 11 is 0. The first-order valence-electron chi connectivity index (χ1n) is 5.43. The summed E-state index contributed by atoms with van der Waals surface area (Å²) in [5, 5.41) is 4.04. The molecule has 6 nitrogen and oxygen atoms in total. The molecule has 1 amide bonds. The van der Waals surface area contributed by atoms with E-state index in [4.69, 9.17) is 11.5 Å². The minimum atomic E-state index is -0.584. The Hall–Kier alpha value is -1.56. The van der Waals surface area contributed by atoms with Crippen LogP contribution in [0.3, 0.4) is 0 Å². The van der Waals surface area contributed by atoms with Gasteiger partial charge in [0.1, 0.15) is 0 Å². The molecule has 0 aliphatic heterocycles. The maximum absolute atomic E-state index is 10.9. The van der Waals surface area contributed by atoms with Gasteiger partial charge in [0.25, 0.3) is 5.91 Å². The molecular weight excluding hydrogens is 206 g/mol. The van der Waals surface area contributed by atoms with E-state index in [-0.39, 0.29) is 5.69 Å². The molecule has 0 unspecified atom stereocenters. The highest BCUT2D eigenvalue weighted by Crippen LogP contribution is 2.07. The van der Waals surface area contributed by atoms with Crippen LogP contribution < -0.4 is 11.5 Å². The Morgan fingerprint density at radius 1 is 1.50 bits per heavy atom. The van der Waals surface area contributed by atoms with Gasteiger partial charge in [0, 0.05) is 12.7 Å². The first kappa shape index (κ1) is 12.5. The summed E-state index contributed by atoms with van der Waals surface area (Å²) < 4.78 is 1.66. The number of hydrogen-bond donors (Lipinski definition) is 2. The van der Waals surface area contributed by atoms with Crippen molar-refractivity contribution in [3.8, 4) is 0 Å². The van der Waals surface area contributed by atoms with Crippen molar-refractivity contribution in [1.82, 2.24) is 14.7 Å². The number of aromatic nitrogens is 2. The lowest BCUT2D eigenvalue weighted by molar-refractivity contribution is 0.0995. The highest BCUT2D eigenvalue weighted by atomic mass is 16.1. The molecule has 0 bridgehead atoms. The first-order chi connectivity index (χ1) is 7.58.